The largest absolute Gasteiger partial charge is 0.497 e. The molecule has 0 N–H and O–H groups in total. The van der Waals surface area contributed by atoms with Gasteiger partial charge in [0, 0.05) is 29.4 Å². The van der Waals surface area contributed by atoms with Crippen LogP contribution in [0.25, 0.3) is 0 Å². The number of benzene rings is 5. The first-order valence-corrected chi connectivity index (χ1v) is 21.2. The van der Waals surface area contributed by atoms with E-state index in [9.17, 15) is 9.59 Å². The summed E-state index contributed by atoms with van der Waals surface area (Å²) >= 11 is 0. The molecule has 0 fully saturated rings. The molecule has 0 amide bonds. The Bertz CT molecular complexity index is 2180. The van der Waals surface area contributed by atoms with Crippen molar-refractivity contribution < 1.29 is 37.8 Å². The van der Waals surface area contributed by atoms with Crippen LogP contribution in [0.3, 0.4) is 0 Å². The molecule has 59 heavy (non-hydrogen) atoms. The van der Waals surface area contributed by atoms with Gasteiger partial charge in [-0.25, -0.2) is 0 Å². The normalized spacial score (nSPS) is 12.9. The Balaban J connectivity index is 1.23. The Morgan fingerprint density at radius 2 is 1.10 bits per heavy atom. The van der Waals surface area contributed by atoms with Crippen molar-refractivity contribution in [3.63, 3.8) is 0 Å². The van der Waals surface area contributed by atoms with Gasteiger partial charge in [0.25, 0.3) is 0 Å². The summed E-state index contributed by atoms with van der Waals surface area (Å²) < 4.78 is 39.0. The molecule has 0 aliphatic heterocycles. The van der Waals surface area contributed by atoms with E-state index in [1.165, 1.54) is 0 Å². The third-order valence-electron chi connectivity index (χ3n) is 10.1. The van der Waals surface area contributed by atoms with Gasteiger partial charge in [0.15, 0.2) is 11.6 Å². The lowest BCUT2D eigenvalue weighted by Crippen LogP contribution is -2.34. The van der Waals surface area contributed by atoms with E-state index in [0.717, 1.165) is 16.7 Å². The van der Waals surface area contributed by atoms with Crippen LogP contribution in [-0.2, 0) is 14.9 Å². The average molecular weight is 815 g/mol. The van der Waals surface area contributed by atoms with E-state index in [4.69, 9.17) is 33.5 Å². The predicted molar refractivity (Wildman–Crippen MR) is 229 cm³/mol. The number of methoxy groups -OCH3 is 2. The molecule has 0 aromatic heterocycles. The van der Waals surface area contributed by atoms with E-state index in [1.807, 2.05) is 78.9 Å². The number of hydrogen-bond donors (Lipinski definition) is 0. The third-order valence-corrected chi connectivity index (χ3v) is 12.6. The van der Waals surface area contributed by atoms with Crippen molar-refractivity contribution in [1.29, 1.82) is 5.26 Å². The summed E-state index contributed by atoms with van der Waals surface area (Å²) in [5, 5.41) is 9.09. The zero-order valence-corrected chi connectivity index (χ0v) is 35.4. The smallest absolute Gasteiger partial charge is 0.198 e. The summed E-state index contributed by atoms with van der Waals surface area (Å²) in [6.45, 7) is 9.28. The van der Waals surface area contributed by atoms with Crippen LogP contribution in [0.15, 0.2) is 115 Å². The minimum atomic E-state index is -1.08. The molecule has 0 saturated heterocycles. The van der Waals surface area contributed by atoms with Crippen molar-refractivity contribution >= 4 is 19.9 Å². The second-order valence-electron chi connectivity index (χ2n) is 14.4. The highest BCUT2D eigenvalue weighted by Crippen LogP contribution is 2.45. The van der Waals surface area contributed by atoms with Crippen molar-refractivity contribution in [1.82, 2.24) is 4.67 Å². The molecule has 0 bridgehead atoms. The fourth-order valence-electron chi connectivity index (χ4n) is 7.63. The maximum Gasteiger partial charge on any atom is 0.198 e. The van der Waals surface area contributed by atoms with Gasteiger partial charge in [-0.15, -0.1) is 0 Å². The average Bonchev–Trinajstić information content (AvgIpc) is 3.25. The molecular formula is C48H51N2O8P. The number of nitrogens with zero attached hydrogens (tertiary/aromatic N) is 2. The molecule has 306 valence electrons. The molecule has 1 unspecified atom stereocenters. The molecule has 0 heterocycles. The fraction of sp³-hybridized carbons (Fsp3) is 0.312. The molecule has 5 aromatic carbocycles. The summed E-state index contributed by atoms with van der Waals surface area (Å²) in [5.74, 6) is 1.44. The molecule has 1 aliphatic rings. The van der Waals surface area contributed by atoms with Crippen LogP contribution in [0, 0.1) is 11.3 Å². The van der Waals surface area contributed by atoms with Crippen LogP contribution >= 0.6 is 8.30 Å². The van der Waals surface area contributed by atoms with Gasteiger partial charge < -0.3 is 28.2 Å². The lowest BCUT2D eigenvalue weighted by Gasteiger charge is -2.37. The van der Waals surface area contributed by atoms with Crippen molar-refractivity contribution in [2.45, 2.75) is 51.8 Å². The predicted octanol–water partition coefficient (Wildman–Crippen LogP) is 9.61. The van der Waals surface area contributed by atoms with Crippen LogP contribution in [0.1, 0.15) is 82.6 Å². The second-order valence-corrected chi connectivity index (χ2v) is 16.3. The number of ether oxygens (including phenoxy) is 5. The molecule has 5 aromatic rings. The Kier molecular flexibility index (Phi) is 14.5. The molecule has 10 nitrogen and oxygen atoms in total. The quantitative estimate of drug-likeness (QED) is 0.0419. The Morgan fingerprint density at radius 1 is 0.610 bits per heavy atom. The molecule has 0 spiro atoms. The van der Waals surface area contributed by atoms with Gasteiger partial charge in [-0.3, -0.25) is 14.3 Å². The SMILES string of the molecule is COc1ccc(C(OCCOc2cccc3c2C(=O)c2cccc(OCCP(OCCC#N)N(C(C)C)C(C)C)c2C3=O)(c2ccccc2)c2ccc(OC)cc2)cc1. The van der Waals surface area contributed by atoms with Gasteiger partial charge in [-0.05, 0) is 80.8 Å². The Hall–Kier alpha value is -5.56. The zero-order valence-electron chi connectivity index (χ0n) is 34.5. The highest BCUT2D eigenvalue weighted by atomic mass is 31.2. The van der Waals surface area contributed by atoms with Crippen LogP contribution in [-0.4, -0.2) is 75.1 Å². The van der Waals surface area contributed by atoms with Crippen LogP contribution < -0.4 is 18.9 Å². The van der Waals surface area contributed by atoms with Gasteiger partial charge in [0.1, 0.15) is 43.5 Å². The Labute approximate surface area is 348 Å². The van der Waals surface area contributed by atoms with Crippen molar-refractivity contribution in [2.75, 3.05) is 46.8 Å². The van der Waals surface area contributed by atoms with Gasteiger partial charge >= 0.3 is 0 Å². The summed E-state index contributed by atoms with van der Waals surface area (Å²) in [4.78, 5) is 28.5. The number of rotatable bonds is 20. The zero-order chi connectivity index (χ0) is 41.9. The van der Waals surface area contributed by atoms with Crippen molar-refractivity contribution in [2.24, 2.45) is 0 Å². The third kappa shape index (κ3) is 9.35. The van der Waals surface area contributed by atoms with E-state index in [1.54, 1.807) is 50.6 Å². The minimum absolute atomic E-state index is 0.0814. The van der Waals surface area contributed by atoms with Gasteiger partial charge in [-0.1, -0.05) is 78.9 Å². The molecule has 0 saturated carbocycles. The molecule has 1 atom stereocenters. The molecular weight excluding hydrogens is 764 g/mol. The highest BCUT2D eigenvalue weighted by molar-refractivity contribution is 7.50. The molecule has 6 rings (SSSR count). The summed E-state index contributed by atoms with van der Waals surface area (Å²) in [5.41, 5.74) is 2.56. The number of fused-ring (bicyclic) bond motifs is 2. The number of ketones is 2. The van der Waals surface area contributed by atoms with E-state index >= 15 is 0 Å². The summed E-state index contributed by atoms with van der Waals surface area (Å²) in [6.07, 6.45) is 0.856. The first-order valence-electron chi connectivity index (χ1n) is 19.8. The number of nitriles is 1. The van der Waals surface area contributed by atoms with Crippen LogP contribution in [0.5, 0.6) is 23.0 Å². The summed E-state index contributed by atoms with van der Waals surface area (Å²) in [7, 11) is 2.18. The minimum Gasteiger partial charge on any atom is -0.497 e. The first-order chi connectivity index (χ1) is 28.6. The monoisotopic (exact) mass is 814 g/mol. The fourth-order valence-corrected chi connectivity index (χ4v) is 9.70. The van der Waals surface area contributed by atoms with Gasteiger partial charge in [0.2, 0.25) is 0 Å². The highest BCUT2D eigenvalue weighted by Gasteiger charge is 2.39. The number of carbonyl (C=O) groups excluding carboxylic acids is 2. The topological polar surface area (TPSA) is 117 Å². The van der Waals surface area contributed by atoms with E-state index in [2.05, 4.69) is 38.4 Å². The Morgan fingerprint density at radius 3 is 1.58 bits per heavy atom. The number of carbonyl (C=O) groups is 2. The van der Waals surface area contributed by atoms with Crippen molar-refractivity contribution in [3.8, 4) is 29.1 Å². The number of hydrogen-bond acceptors (Lipinski definition) is 10. The van der Waals surface area contributed by atoms with Crippen LogP contribution in [0.4, 0.5) is 0 Å². The van der Waals surface area contributed by atoms with E-state index in [-0.39, 0.29) is 65.7 Å². The van der Waals surface area contributed by atoms with E-state index in [0.29, 0.717) is 42.2 Å². The first kappa shape index (κ1) is 43.0. The van der Waals surface area contributed by atoms with E-state index < -0.39 is 13.9 Å². The lowest BCUT2D eigenvalue weighted by molar-refractivity contribution is -0.00254. The lowest BCUT2D eigenvalue weighted by atomic mass is 9.80. The second kappa shape index (κ2) is 19.9. The standard InChI is InChI=1S/C48H51N2O8P/c1-33(2)50(34(3)4)59(58-28-12-27-49)32-31-56-43-18-11-16-41-45(43)47(52)40-15-10-17-42(44(40)46(41)51)55-29-30-57-48(35-13-8-7-9-14-35,36-19-23-38(53-5)24-20-36)37-21-25-39(54-6)26-22-37/h7-11,13-26,33-34H,12,28-32H2,1-6H3. The molecule has 11 heteroatoms. The maximum atomic E-state index is 14.3. The van der Waals surface area contributed by atoms with Gasteiger partial charge in [0.05, 0.1) is 57.7 Å². The molecule has 0 radical (unpaired) electrons. The summed E-state index contributed by atoms with van der Waals surface area (Å²) in [6, 6.07) is 38.3. The van der Waals surface area contributed by atoms with Crippen LogP contribution in [0.2, 0.25) is 0 Å². The maximum absolute atomic E-state index is 14.3. The molecule has 1 aliphatic carbocycles. The van der Waals surface area contributed by atoms with Crippen molar-refractivity contribution in [3.05, 3.63) is 154 Å². The van der Waals surface area contributed by atoms with Gasteiger partial charge in [-0.2, -0.15) is 5.26 Å².